The van der Waals surface area contributed by atoms with Crippen LogP contribution in [0.15, 0.2) is 54.9 Å². The number of nitrogens with zero attached hydrogens (tertiary/aromatic N) is 4. The number of alkyl halides is 3. The Kier molecular flexibility index (Phi) is 6.65. The molecule has 4 aromatic rings. The summed E-state index contributed by atoms with van der Waals surface area (Å²) in [4.78, 5) is 21.1. The van der Waals surface area contributed by atoms with Gasteiger partial charge in [0.15, 0.2) is 5.69 Å². The molecule has 0 atom stereocenters. The van der Waals surface area contributed by atoms with Crippen molar-refractivity contribution < 1.29 is 22.4 Å². The average molecular weight is 513 g/mol. The number of carbonyl (C=O) groups is 1. The van der Waals surface area contributed by atoms with Gasteiger partial charge >= 0.3 is 6.18 Å². The molecule has 1 aliphatic rings. The zero-order valence-electron chi connectivity index (χ0n) is 19.9. The van der Waals surface area contributed by atoms with E-state index in [-0.39, 0.29) is 11.5 Å². The van der Waals surface area contributed by atoms with Crippen LogP contribution in [-0.2, 0) is 12.7 Å². The molecule has 11 heteroatoms. The highest BCUT2D eigenvalue weighted by molar-refractivity contribution is 6.11. The number of hydrogen-bond acceptors (Lipinski definition) is 5. The number of hydrogen-bond donors (Lipinski definition) is 2. The number of halogens is 4. The van der Waals surface area contributed by atoms with Gasteiger partial charge in [-0.25, -0.2) is 4.39 Å². The van der Waals surface area contributed by atoms with Crippen molar-refractivity contribution in [2.45, 2.75) is 12.7 Å². The van der Waals surface area contributed by atoms with Crippen molar-refractivity contribution in [2.75, 3.05) is 38.5 Å². The summed E-state index contributed by atoms with van der Waals surface area (Å²) >= 11 is 0. The number of H-pyrrole nitrogens is 1. The minimum absolute atomic E-state index is 0.0807. The molecule has 0 saturated carbocycles. The monoisotopic (exact) mass is 512 g/mol. The molecule has 3 heterocycles. The molecule has 1 amide bonds. The first-order valence-corrected chi connectivity index (χ1v) is 11.7. The maximum absolute atomic E-state index is 14.6. The second-order valence-corrected chi connectivity index (χ2v) is 9.13. The number of nitrogens with one attached hydrogen (secondary N) is 2. The lowest BCUT2D eigenvalue weighted by Crippen LogP contribution is -2.43. The van der Waals surface area contributed by atoms with Crippen molar-refractivity contribution in [3.8, 4) is 11.1 Å². The third kappa shape index (κ3) is 5.47. The third-order valence-electron chi connectivity index (χ3n) is 6.45. The molecule has 1 saturated heterocycles. The second-order valence-electron chi connectivity index (χ2n) is 9.13. The van der Waals surface area contributed by atoms with Gasteiger partial charge in [-0.15, -0.1) is 0 Å². The zero-order chi connectivity index (χ0) is 26.2. The number of fused-ring (bicyclic) bond motifs is 1. The van der Waals surface area contributed by atoms with E-state index in [1.54, 1.807) is 18.2 Å². The van der Waals surface area contributed by atoms with Gasteiger partial charge in [-0.3, -0.25) is 19.8 Å². The minimum Gasteiger partial charge on any atom is -0.319 e. The standard InChI is InChI=1S/C26H24F4N6O/c1-35-6-8-36(9-7-35)15-16-10-18(12-19(27)11-16)17-2-3-22-20(13-17)24(34-33-22)25(37)32-23-14-31-5-4-21(23)26(28,29)30/h2-5,10-14H,6-9,15H2,1H3,(H,32,37)(H,33,34). The van der Waals surface area contributed by atoms with Crippen LogP contribution in [0, 0.1) is 5.82 Å². The summed E-state index contributed by atoms with van der Waals surface area (Å²) in [5.74, 6) is -1.19. The van der Waals surface area contributed by atoms with Gasteiger partial charge in [0.1, 0.15) is 5.82 Å². The highest BCUT2D eigenvalue weighted by Gasteiger charge is 2.34. The van der Waals surface area contributed by atoms with E-state index in [9.17, 15) is 22.4 Å². The largest absolute Gasteiger partial charge is 0.418 e. The molecule has 1 fully saturated rings. The number of piperazine rings is 1. The molecule has 192 valence electrons. The average Bonchev–Trinajstić information content (AvgIpc) is 3.28. The molecule has 0 radical (unpaired) electrons. The fourth-order valence-electron chi connectivity index (χ4n) is 4.46. The third-order valence-corrected chi connectivity index (χ3v) is 6.45. The maximum atomic E-state index is 14.6. The van der Waals surface area contributed by atoms with E-state index in [0.29, 0.717) is 28.6 Å². The molecule has 5 rings (SSSR count). The van der Waals surface area contributed by atoms with E-state index in [1.807, 2.05) is 6.07 Å². The van der Waals surface area contributed by atoms with E-state index < -0.39 is 23.3 Å². The van der Waals surface area contributed by atoms with E-state index in [1.165, 1.54) is 12.1 Å². The van der Waals surface area contributed by atoms with Gasteiger partial charge in [0.25, 0.3) is 5.91 Å². The summed E-state index contributed by atoms with van der Waals surface area (Å²) in [5.41, 5.74) is 1.08. The molecule has 0 bridgehead atoms. The highest BCUT2D eigenvalue weighted by atomic mass is 19.4. The number of likely N-dealkylation sites (N-methyl/N-ethyl adjacent to an activating group) is 1. The van der Waals surface area contributed by atoms with Crippen LogP contribution in [0.25, 0.3) is 22.0 Å². The molecule has 2 aromatic carbocycles. The summed E-state index contributed by atoms with van der Waals surface area (Å²) in [6.45, 7) is 4.32. The Morgan fingerprint density at radius 2 is 1.84 bits per heavy atom. The summed E-state index contributed by atoms with van der Waals surface area (Å²) in [5, 5.41) is 9.40. The van der Waals surface area contributed by atoms with Crippen LogP contribution < -0.4 is 5.32 Å². The topological polar surface area (TPSA) is 77.1 Å². The van der Waals surface area contributed by atoms with E-state index in [0.717, 1.165) is 50.2 Å². The fourth-order valence-corrected chi connectivity index (χ4v) is 4.46. The normalized spacial score (nSPS) is 15.3. The first-order chi connectivity index (χ1) is 17.7. The molecule has 37 heavy (non-hydrogen) atoms. The summed E-state index contributed by atoms with van der Waals surface area (Å²) in [6, 6.07) is 10.8. The van der Waals surface area contributed by atoms with E-state index in [4.69, 9.17) is 0 Å². The predicted octanol–water partition coefficient (Wildman–Crippen LogP) is 4.78. The Morgan fingerprint density at radius 1 is 1.05 bits per heavy atom. The molecule has 0 unspecified atom stereocenters. The van der Waals surface area contributed by atoms with Crippen molar-refractivity contribution in [2.24, 2.45) is 0 Å². The number of carbonyl (C=O) groups excluding carboxylic acids is 1. The summed E-state index contributed by atoms with van der Waals surface area (Å²) in [7, 11) is 2.07. The number of benzene rings is 2. The van der Waals surface area contributed by atoms with Crippen molar-refractivity contribution in [1.82, 2.24) is 25.0 Å². The predicted molar refractivity (Wildman–Crippen MR) is 131 cm³/mol. The van der Waals surface area contributed by atoms with Gasteiger partial charge in [-0.05, 0) is 60.1 Å². The Labute approximate surface area is 210 Å². The first-order valence-electron chi connectivity index (χ1n) is 11.7. The quantitative estimate of drug-likeness (QED) is 0.377. The molecule has 2 aromatic heterocycles. The van der Waals surface area contributed by atoms with Crippen LogP contribution in [0.2, 0.25) is 0 Å². The molecule has 2 N–H and O–H groups in total. The van der Waals surface area contributed by atoms with Crippen molar-refractivity contribution in [3.05, 3.63) is 77.5 Å². The van der Waals surface area contributed by atoms with Crippen LogP contribution >= 0.6 is 0 Å². The number of anilines is 1. The Balaban J connectivity index is 1.43. The molecule has 0 aliphatic carbocycles. The number of pyridine rings is 1. The van der Waals surface area contributed by atoms with Crippen molar-refractivity contribution in [3.63, 3.8) is 0 Å². The fraction of sp³-hybridized carbons (Fsp3) is 0.269. The number of amides is 1. The maximum Gasteiger partial charge on any atom is 0.418 e. The lowest BCUT2D eigenvalue weighted by Gasteiger charge is -2.32. The van der Waals surface area contributed by atoms with E-state index in [2.05, 4.69) is 37.3 Å². The van der Waals surface area contributed by atoms with Crippen LogP contribution in [0.5, 0.6) is 0 Å². The highest BCUT2D eigenvalue weighted by Crippen LogP contribution is 2.34. The van der Waals surface area contributed by atoms with Crippen LogP contribution in [0.3, 0.4) is 0 Å². The van der Waals surface area contributed by atoms with E-state index >= 15 is 0 Å². The molecule has 7 nitrogen and oxygen atoms in total. The zero-order valence-corrected chi connectivity index (χ0v) is 19.9. The van der Waals surface area contributed by atoms with Gasteiger partial charge < -0.3 is 10.2 Å². The Morgan fingerprint density at radius 3 is 2.59 bits per heavy atom. The summed E-state index contributed by atoms with van der Waals surface area (Å²) in [6.07, 6.45) is -2.72. The second kappa shape index (κ2) is 9.91. The van der Waals surface area contributed by atoms with Crippen molar-refractivity contribution >= 4 is 22.5 Å². The number of aromatic nitrogens is 3. The van der Waals surface area contributed by atoms with Crippen LogP contribution in [0.1, 0.15) is 21.6 Å². The minimum atomic E-state index is -4.66. The van der Waals surface area contributed by atoms with Crippen molar-refractivity contribution in [1.29, 1.82) is 0 Å². The molecular weight excluding hydrogens is 488 g/mol. The van der Waals surface area contributed by atoms with Gasteiger partial charge in [-0.2, -0.15) is 18.3 Å². The molecule has 1 aliphatic heterocycles. The summed E-state index contributed by atoms with van der Waals surface area (Å²) < 4.78 is 54.5. The van der Waals surface area contributed by atoms with Gasteiger partial charge in [-0.1, -0.05) is 6.07 Å². The van der Waals surface area contributed by atoms with Gasteiger partial charge in [0.2, 0.25) is 0 Å². The molecule has 0 spiro atoms. The van der Waals surface area contributed by atoms with Crippen LogP contribution in [-0.4, -0.2) is 64.1 Å². The lowest BCUT2D eigenvalue weighted by atomic mass is 10.00. The first kappa shape index (κ1) is 24.8. The Bertz CT molecular complexity index is 1440. The smallest absolute Gasteiger partial charge is 0.319 e. The lowest BCUT2D eigenvalue weighted by molar-refractivity contribution is -0.137. The van der Waals surface area contributed by atoms with Gasteiger partial charge in [0.05, 0.1) is 23.0 Å². The number of rotatable bonds is 5. The molecular formula is C26H24F4N6O. The van der Waals surface area contributed by atoms with Gasteiger partial charge in [0, 0.05) is 44.3 Å². The van der Waals surface area contributed by atoms with Crippen LogP contribution in [0.4, 0.5) is 23.2 Å². The SMILES string of the molecule is CN1CCN(Cc2cc(F)cc(-c3ccc4[nH]nc(C(=O)Nc5cnccc5C(F)(F)F)c4c3)c2)CC1. The number of aromatic amines is 1. The Hall–Kier alpha value is -3.83.